The van der Waals surface area contributed by atoms with Crippen molar-refractivity contribution in [3.8, 4) is 0 Å². The van der Waals surface area contributed by atoms with Crippen molar-refractivity contribution in [2.24, 2.45) is 0 Å². The van der Waals surface area contributed by atoms with Crippen molar-refractivity contribution in [1.29, 1.82) is 0 Å². The molecule has 1 rings (SSSR count). The van der Waals surface area contributed by atoms with Gasteiger partial charge >= 0.3 is 6.18 Å². The fraction of sp³-hybridized carbons (Fsp3) is 0.545. The number of hydrogen-bond acceptors (Lipinski definition) is 3. The largest absolute Gasteiger partial charge is 0.419 e. The summed E-state index contributed by atoms with van der Waals surface area (Å²) >= 11 is 2.98. The van der Waals surface area contributed by atoms with Crippen LogP contribution in [0.2, 0.25) is 0 Å². The first kappa shape index (κ1) is 15.2. The molecule has 18 heavy (non-hydrogen) atoms. The van der Waals surface area contributed by atoms with E-state index in [-0.39, 0.29) is 5.82 Å². The minimum Gasteiger partial charge on any atom is -0.385 e. The lowest BCUT2D eigenvalue weighted by atomic mass is 10.2. The summed E-state index contributed by atoms with van der Waals surface area (Å²) in [4.78, 5) is 3.75. The molecule has 102 valence electrons. The Morgan fingerprint density at radius 1 is 1.39 bits per heavy atom. The molecule has 0 amide bonds. The lowest BCUT2D eigenvalue weighted by Crippen LogP contribution is -2.13. The molecule has 1 aromatic rings. The number of nitrogens with one attached hydrogen (secondary N) is 1. The van der Waals surface area contributed by atoms with Crippen molar-refractivity contribution in [2.45, 2.75) is 19.0 Å². The molecule has 1 N–H and O–H groups in total. The molecule has 0 atom stereocenters. The second kappa shape index (κ2) is 6.94. The second-order valence-corrected chi connectivity index (χ2v) is 4.59. The predicted octanol–water partition coefficient (Wildman–Crippen LogP) is 3.70. The molecule has 0 bridgehead atoms. The van der Waals surface area contributed by atoms with Crippen LogP contribution < -0.4 is 5.32 Å². The number of aromatic nitrogens is 1. The van der Waals surface area contributed by atoms with Crippen molar-refractivity contribution in [1.82, 2.24) is 4.98 Å². The maximum atomic E-state index is 12.7. The van der Waals surface area contributed by atoms with Crippen LogP contribution in [-0.2, 0) is 10.9 Å². The molecule has 0 aliphatic carbocycles. The number of anilines is 1. The average Bonchev–Trinajstić information content (AvgIpc) is 2.29. The maximum Gasteiger partial charge on any atom is 0.419 e. The third kappa shape index (κ3) is 4.81. The molecule has 0 aliphatic heterocycles. The van der Waals surface area contributed by atoms with Crippen molar-refractivity contribution >= 4 is 21.7 Å². The zero-order valence-corrected chi connectivity index (χ0v) is 11.4. The topological polar surface area (TPSA) is 34.1 Å². The summed E-state index contributed by atoms with van der Waals surface area (Å²) in [7, 11) is 1.59. The summed E-state index contributed by atoms with van der Waals surface area (Å²) in [5, 5.41) is 2.70. The van der Waals surface area contributed by atoms with E-state index in [2.05, 4.69) is 26.2 Å². The number of rotatable bonds is 6. The van der Waals surface area contributed by atoms with Gasteiger partial charge in [-0.05, 0) is 34.8 Å². The Bertz CT molecular complexity index is 385. The van der Waals surface area contributed by atoms with E-state index in [4.69, 9.17) is 4.74 Å². The molecule has 0 radical (unpaired) electrons. The van der Waals surface area contributed by atoms with Gasteiger partial charge in [0, 0.05) is 30.9 Å². The van der Waals surface area contributed by atoms with E-state index < -0.39 is 11.7 Å². The number of nitrogens with zero attached hydrogens (tertiary/aromatic N) is 1. The fourth-order valence-corrected chi connectivity index (χ4v) is 1.71. The van der Waals surface area contributed by atoms with Crippen LogP contribution in [0.4, 0.5) is 19.0 Å². The van der Waals surface area contributed by atoms with E-state index >= 15 is 0 Å². The Kier molecular flexibility index (Phi) is 5.87. The van der Waals surface area contributed by atoms with Crippen LogP contribution in [0, 0.1) is 0 Å². The van der Waals surface area contributed by atoms with Crippen LogP contribution in [0.1, 0.15) is 18.4 Å². The van der Waals surface area contributed by atoms with E-state index in [1.54, 1.807) is 7.11 Å². The molecule has 0 saturated carbocycles. The van der Waals surface area contributed by atoms with Gasteiger partial charge in [0.2, 0.25) is 0 Å². The van der Waals surface area contributed by atoms with Gasteiger partial charge in [0.25, 0.3) is 0 Å². The Labute approximate surface area is 112 Å². The summed E-state index contributed by atoms with van der Waals surface area (Å²) in [5.41, 5.74) is -0.761. The second-order valence-electron chi connectivity index (χ2n) is 3.67. The number of unbranched alkanes of at least 4 members (excludes halogenated alkanes) is 1. The first-order valence-electron chi connectivity index (χ1n) is 5.40. The Morgan fingerprint density at radius 3 is 2.72 bits per heavy atom. The number of alkyl halides is 3. The third-order valence-corrected chi connectivity index (χ3v) is 2.66. The summed E-state index contributed by atoms with van der Waals surface area (Å²) in [6.45, 7) is 1.03. The molecule has 1 aromatic heterocycles. The van der Waals surface area contributed by atoms with Crippen molar-refractivity contribution in [2.75, 3.05) is 25.6 Å². The van der Waals surface area contributed by atoms with Gasteiger partial charge in [-0.3, -0.25) is 0 Å². The Balaban J connectivity index is 2.65. The molecule has 1 heterocycles. The standard InChI is InChI=1S/C11H14BrF3N2O/c1-18-5-3-2-4-16-10-9(11(13,14)15)6-8(12)7-17-10/h6-7H,2-5H2,1H3,(H,16,17). The highest BCUT2D eigenvalue weighted by molar-refractivity contribution is 9.10. The van der Waals surface area contributed by atoms with Crippen molar-refractivity contribution in [3.05, 3.63) is 22.3 Å². The summed E-state index contributed by atoms with van der Waals surface area (Å²) < 4.78 is 43.4. The minimum absolute atomic E-state index is 0.136. The van der Waals surface area contributed by atoms with E-state index in [9.17, 15) is 13.2 Å². The van der Waals surface area contributed by atoms with E-state index in [1.165, 1.54) is 6.20 Å². The molecular weight excluding hydrogens is 313 g/mol. The van der Waals surface area contributed by atoms with E-state index in [0.717, 1.165) is 18.9 Å². The normalized spacial score (nSPS) is 11.6. The summed E-state index contributed by atoms with van der Waals surface area (Å²) in [6, 6.07) is 1.02. The molecule has 0 fully saturated rings. The molecule has 0 aromatic carbocycles. The SMILES string of the molecule is COCCCCNc1ncc(Br)cc1C(F)(F)F. The maximum absolute atomic E-state index is 12.7. The van der Waals surface area contributed by atoms with Gasteiger partial charge in [0.05, 0.1) is 5.56 Å². The van der Waals surface area contributed by atoms with Gasteiger partial charge < -0.3 is 10.1 Å². The van der Waals surface area contributed by atoms with Gasteiger partial charge in [-0.25, -0.2) is 4.98 Å². The molecule has 0 saturated heterocycles. The van der Waals surface area contributed by atoms with Crippen LogP contribution in [0.15, 0.2) is 16.7 Å². The van der Waals surface area contributed by atoms with Crippen LogP contribution in [0.25, 0.3) is 0 Å². The first-order valence-corrected chi connectivity index (χ1v) is 6.20. The van der Waals surface area contributed by atoms with Crippen molar-refractivity contribution in [3.63, 3.8) is 0 Å². The molecule has 0 unspecified atom stereocenters. The fourth-order valence-electron chi connectivity index (χ4n) is 1.37. The first-order chi connectivity index (χ1) is 8.45. The number of methoxy groups -OCH3 is 1. The minimum atomic E-state index is -4.41. The van der Waals surface area contributed by atoms with Crippen LogP contribution in [0.3, 0.4) is 0 Å². The van der Waals surface area contributed by atoms with Gasteiger partial charge in [-0.2, -0.15) is 13.2 Å². The Morgan fingerprint density at radius 2 is 2.11 bits per heavy atom. The lowest BCUT2D eigenvalue weighted by molar-refractivity contribution is -0.137. The monoisotopic (exact) mass is 326 g/mol. The van der Waals surface area contributed by atoms with Gasteiger partial charge in [0.15, 0.2) is 0 Å². The van der Waals surface area contributed by atoms with Gasteiger partial charge in [-0.15, -0.1) is 0 Å². The van der Waals surface area contributed by atoms with Crippen LogP contribution in [-0.4, -0.2) is 25.2 Å². The number of halogens is 4. The summed E-state index contributed by atoms with van der Waals surface area (Å²) in [6.07, 6.45) is -1.55. The molecular formula is C11H14BrF3N2O. The number of pyridine rings is 1. The lowest BCUT2D eigenvalue weighted by Gasteiger charge is -2.13. The van der Waals surface area contributed by atoms with Crippen LogP contribution >= 0.6 is 15.9 Å². The summed E-state index contributed by atoms with van der Waals surface area (Å²) in [5.74, 6) is -0.136. The third-order valence-electron chi connectivity index (χ3n) is 2.23. The quantitative estimate of drug-likeness (QED) is 0.809. The van der Waals surface area contributed by atoms with E-state index in [1.807, 2.05) is 0 Å². The highest BCUT2D eigenvalue weighted by Crippen LogP contribution is 2.35. The molecule has 0 spiro atoms. The average molecular weight is 327 g/mol. The Hall–Kier alpha value is -0.820. The highest BCUT2D eigenvalue weighted by atomic mass is 79.9. The highest BCUT2D eigenvalue weighted by Gasteiger charge is 2.34. The molecule has 3 nitrogen and oxygen atoms in total. The van der Waals surface area contributed by atoms with Gasteiger partial charge in [0.1, 0.15) is 5.82 Å². The number of hydrogen-bond donors (Lipinski definition) is 1. The molecule has 7 heteroatoms. The van der Waals surface area contributed by atoms with E-state index in [0.29, 0.717) is 17.6 Å². The zero-order valence-electron chi connectivity index (χ0n) is 9.85. The van der Waals surface area contributed by atoms with Crippen LogP contribution in [0.5, 0.6) is 0 Å². The van der Waals surface area contributed by atoms with Gasteiger partial charge in [-0.1, -0.05) is 0 Å². The predicted molar refractivity (Wildman–Crippen MR) is 66.5 cm³/mol. The van der Waals surface area contributed by atoms with Crippen molar-refractivity contribution < 1.29 is 17.9 Å². The molecule has 0 aliphatic rings. The smallest absolute Gasteiger partial charge is 0.385 e. The zero-order chi connectivity index (χ0) is 13.6. The number of ether oxygens (including phenoxy) is 1.